The van der Waals surface area contributed by atoms with Crippen LogP contribution in [-0.4, -0.2) is 20.9 Å². The van der Waals surface area contributed by atoms with Gasteiger partial charge in [-0.2, -0.15) is 0 Å². The summed E-state index contributed by atoms with van der Waals surface area (Å²) in [6.07, 6.45) is 0.737. The first kappa shape index (κ1) is 18.5. The van der Waals surface area contributed by atoms with Crippen molar-refractivity contribution in [2.24, 2.45) is 5.92 Å². The van der Waals surface area contributed by atoms with Crippen molar-refractivity contribution in [1.82, 2.24) is 0 Å². The Balaban J connectivity index is 1.78. The van der Waals surface area contributed by atoms with Crippen molar-refractivity contribution in [3.05, 3.63) is 59.2 Å². The maximum Gasteiger partial charge on any atom is 0.236 e. The summed E-state index contributed by atoms with van der Waals surface area (Å²) >= 11 is 0. The van der Waals surface area contributed by atoms with Crippen LogP contribution in [0.1, 0.15) is 30.5 Å². The van der Waals surface area contributed by atoms with Crippen LogP contribution in [0.25, 0.3) is 0 Å². The standard InChI is InChI=1S/C20H24N2O3S/c1-14(2)20(23)22-11-10-16-12-18(8-9-19(16)22)21-26(24,25)13-17-7-5-4-6-15(17)3/h4-9,12,14,21H,10-11,13H2,1-3H3. The van der Waals surface area contributed by atoms with Gasteiger partial charge in [-0.25, -0.2) is 8.42 Å². The molecular formula is C20H24N2O3S. The van der Waals surface area contributed by atoms with E-state index in [1.807, 2.05) is 57.2 Å². The summed E-state index contributed by atoms with van der Waals surface area (Å²) in [7, 11) is -3.50. The average molecular weight is 372 g/mol. The summed E-state index contributed by atoms with van der Waals surface area (Å²) in [5.74, 6) is -0.0285. The Morgan fingerprint density at radius 2 is 1.92 bits per heavy atom. The lowest BCUT2D eigenvalue weighted by molar-refractivity contribution is -0.121. The zero-order valence-electron chi connectivity index (χ0n) is 15.3. The predicted octanol–water partition coefficient (Wildman–Crippen LogP) is 3.48. The number of hydrogen-bond acceptors (Lipinski definition) is 3. The van der Waals surface area contributed by atoms with Crippen molar-refractivity contribution >= 4 is 27.3 Å². The lowest BCUT2D eigenvalue weighted by atomic mass is 10.1. The minimum Gasteiger partial charge on any atom is -0.312 e. The number of anilines is 2. The smallest absolute Gasteiger partial charge is 0.236 e. The maximum absolute atomic E-state index is 12.5. The zero-order chi connectivity index (χ0) is 18.9. The number of rotatable bonds is 5. The maximum atomic E-state index is 12.5. The third-order valence-electron chi connectivity index (χ3n) is 4.62. The first-order valence-electron chi connectivity index (χ1n) is 8.76. The Morgan fingerprint density at radius 1 is 1.19 bits per heavy atom. The molecule has 26 heavy (non-hydrogen) atoms. The van der Waals surface area contributed by atoms with Gasteiger partial charge in [-0.3, -0.25) is 9.52 Å². The van der Waals surface area contributed by atoms with Gasteiger partial charge in [-0.05, 0) is 48.2 Å². The summed E-state index contributed by atoms with van der Waals surface area (Å²) in [4.78, 5) is 14.1. The lowest BCUT2D eigenvalue weighted by Crippen LogP contribution is -2.32. The zero-order valence-corrected chi connectivity index (χ0v) is 16.1. The number of fused-ring (bicyclic) bond motifs is 1. The third kappa shape index (κ3) is 3.90. The number of amides is 1. The average Bonchev–Trinajstić information content (AvgIpc) is 2.98. The second-order valence-electron chi connectivity index (χ2n) is 7.03. The number of carbonyl (C=O) groups excluding carboxylic acids is 1. The molecule has 2 aromatic carbocycles. The van der Waals surface area contributed by atoms with E-state index in [0.717, 1.165) is 28.8 Å². The molecule has 0 saturated heterocycles. The molecule has 0 aromatic heterocycles. The van der Waals surface area contributed by atoms with E-state index < -0.39 is 10.0 Å². The van der Waals surface area contributed by atoms with Gasteiger partial charge in [0.25, 0.3) is 0 Å². The summed E-state index contributed by atoms with van der Waals surface area (Å²) in [5.41, 5.74) is 4.15. The van der Waals surface area contributed by atoms with E-state index in [2.05, 4.69) is 4.72 Å². The van der Waals surface area contributed by atoms with E-state index in [1.54, 1.807) is 11.0 Å². The van der Waals surface area contributed by atoms with Gasteiger partial charge >= 0.3 is 0 Å². The summed E-state index contributed by atoms with van der Waals surface area (Å²) in [5, 5.41) is 0. The first-order chi connectivity index (χ1) is 12.3. The quantitative estimate of drug-likeness (QED) is 0.874. The number of nitrogens with zero attached hydrogens (tertiary/aromatic N) is 1. The van der Waals surface area contributed by atoms with Crippen LogP contribution in [-0.2, 0) is 27.0 Å². The van der Waals surface area contributed by atoms with Gasteiger partial charge in [0.2, 0.25) is 15.9 Å². The fraction of sp³-hybridized carbons (Fsp3) is 0.350. The number of aryl methyl sites for hydroxylation is 1. The monoisotopic (exact) mass is 372 g/mol. The molecule has 0 radical (unpaired) electrons. The molecule has 0 unspecified atom stereocenters. The van der Waals surface area contributed by atoms with E-state index >= 15 is 0 Å². The number of benzene rings is 2. The van der Waals surface area contributed by atoms with Gasteiger partial charge in [0.05, 0.1) is 5.75 Å². The molecule has 1 N–H and O–H groups in total. The van der Waals surface area contributed by atoms with Crippen LogP contribution >= 0.6 is 0 Å². The highest BCUT2D eigenvalue weighted by Crippen LogP contribution is 2.32. The molecule has 1 aliphatic rings. The van der Waals surface area contributed by atoms with Crippen LogP contribution in [0.4, 0.5) is 11.4 Å². The minimum atomic E-state index is -3.50. The van der Waals surface area contributed by atoms with Crippen LogP contribution in [0.3, 0.4) is 0 Å². The highest BCUT2D eigenvalue weighted by atomic mass is 32.2. The van der Waals surface area contributed by atoms with Crippen molar-refractivity contribution in [3.8, 4) is 0 Å². The number of sulfonamides is 1. The van der Waals surface area contributed by atoms with Crippen LogP contribution < -0.4 is 9.62 Å². The molecule has 1 heterocycles. The number of nitrogens with one attached hydrogen (secondary N) is 1. The fourth-order valence-corrected chi connectivity index (χ4v) is 4.49. The van der Waals surface area contributed by atoms with Gasteiger partial charge in [0, 0.05) is 23.8 Å². The van der Waals surface area contributed by atoms with Crippen molar-refractivity contribution < 1.29 is 13.2 Å². The fourth-order valence-electron chi connectivity index (χ4n) is 3.20. The van der Waals surface area contributed by atoms with E-state index in [9.17, 15) is 13.2 Å². The summed E-state index contributed by atoms with van der Waals surface area (Å²) in [6.45, 7) is 6.31. The van der Waals surface area contributed by atoms with E-state index in [-0.39, 0.29) is 17.6 Å². The highest BCUT2D eigenvalue weighted by Gasteiger charge is 2.26. The molecule has 0 saturated carbocycles. The minimum absolute atomic E-state index is 0.0608. The van der Waals surface area contributed by atoms with Crippen molar-refractivity contribution in [2.45, 2.75) is 32.9 Å². The molecule has 5 nitrogen and oxygen atoms in total. The van der Waals surface area contributed by atoms with Crippen molar-refractivity contribution in [1.29, 1.82) is 0 Å². The first-order valence-corrected chi connectivity index (χ1v) is 10.4. The van der Waals surface area contributed by atoms with Gasteiger partial charge in [0.1, 0.15) is 0 Å². The Bertz CT molecular complexity index is 936. The van der Waals surface area contributed by atoms with Crippen molar-refractivity contribution in [2.75, 3.05) is 16.2 Å². The lowest BCUT2D eigenvalue weighted by Gasteiger charge is -2.19. The van der Waals surface area contributed by atoms with E-state index in [1.165, 1.54) is 0 Å². The Labute approximate surface area is 155 Å². The molecule has 1 amide bonds. The Kier molecular flexibility index (Phi) is 5.05. The predicted molar refractivity (Wildman–Crippen MR) is 105 cm³/mol. The highest BCUT2D eigenvalue weighted by molar-refractivity contribution is 7.91. The molecular weight excluding hydrogens is 348 g/mol. The Hall–Kier alpha value is -2.34. The normalized spacial score (nSPS) is 13.8. The largest absolute Gasteiger partial charge is 0.312 e. The number of carbonyl (C=O) groups is 1. The van der Waals surface area contributed by atoms with Crippen LogP contribution in [0.5, 0.6) is 0 Å². The van der Waals surface area contributed by atoms with E-state index in [0.29, 0.717) is 12.2 Å². The molecule has 138 valence electrons. The SMILES string of the molecule is Cc1ccccc1CS(=O)(=O)Nc1ccc2c(c1)CCN2C(=O)C(C)C. The second kappa shape index (κ2) is 7.11. The molecule has 0 aliphatic carbocycles. The van der Waals surface area contributed by atoms with Crippen LogP contribution in [0, 0.1) is 12.8 Å². The van der Waals surface area contributed by atoms with Gasteiger partial charge in [0.15, 0.2) is 0 Å². The molecule has 0 atom stereocenters. The summed E-state index contributed by atoms with van der Waals surface area (Å²) in [6, 6.07) is 12.8. The molecule has 0 spiro atoms. The van der Waals surface area contributed by atoms with Crippen LogP contribution in [0.2, 0.25) is 0 Å². The summed E-state index contributed by atoms with van der Waals surface area (Å²) < 4.78 is 27.7. The molecule has 0 fully saturated rings. The molecule has 6 heteroatoms. The van der Waals surface area contributed by atoms with Gasteiger partial charge in [-0.15, -0.1) is 0 Å². The molecule has 3 rings (SSSR count). The van der Waals surface area contributed by atoms with E-state index in [4.69, 9.17) is 0 Å². The van der Waals surface area contributed by atoms with Crippen LogP contribution in [0.15, 0.2) is 42.5 Å². The van der Waals surface area contributed by atoms with Gasteiger partial charge < -0.3 is 4.90 Å². The number of hydrogen-bond donors (Lipinski definition) is 1. The van der Waals surface area contributed by atoms with Gasteiger partial charge in [-0.1, -0.05) is 38.1 Å². The topological polar surface area (TPSA) is 66.5 Å². The molecule has 1 aliphatic heterocycles. The van der Waals surface area contributed by atoms with Crippen molar-refractivity contribution in [3.63, 3.8) is 0 Å². The molecule has 0 bridgehead atoms. The second-order valence-corrected chi connectivity index (χ2v) is 8.75. The third-order valence-corrected chi connectivity index (χ3v) is 5.85. The molecule has 2 aromatic rings. The Morgan fingerprint density at radius 3 is 2.62 bits per heavy atom.